The normalized spacial score (nSPS) is 9.81. The molecule has 8 heteroatoms. The number of anilines is 1. The molecule has 0 aromatic heterocycles. The first-order valence-corrected chi connectivity index (χ1v) is 6.08. The number of hydrogen-bond donors (Lipinski definition) is 3. The van der Waals surface area contributed by atoms with Gasteiger partial charge in [0.2, 0.25) is 0 Å². The molecule has 0 atom stereocenters. The lowest BCUT2D eigenvalue weighted by molar-refractivity contribution is -0.137. The van der Waals surface area contributed by atoms with Gasteiger partial charge in [-0.1, -0.05) is 0 Å². The number of carbonyl (C=O) groups excluding carboxylic acids is 2. The largest absolute Gasteiger partial charge is 0.481 e. The number of nitrogens with one attached hydrogen (secondary N) is 2. The van der Waals surface area contributed by atoms with Crippen LogP contribution in [0.4, 0.5) is 14.9 Å². The van der Waals surface area contributed by atoms with E-state index in [1.165, 1.54) is 19.2 Å². The van der Waals surface area contributed by atoms with Crippen LogP contribution in [0.2, 0.25) is 0 Å². The van der Waals surface area contributed by atoms with Crippen LogP contribution in [-0.4, -0.2) is 36.7 Å². The Balaban J connectivity index is 2.53. The molecule has 1 aromatic rings. The van der Waals surface area contributed by atoms with Crippen LogP contribution >= 0.6 is 0 Å². The molecule has 1 aromatic carbocycles. The highest BCUT2D eigenvalue weighted by Gasteiger charge is 2.11. The molecule has 0 spiro atoms. The maximum atomic E-state index is 13.7. The van der Waals surface area contributed by atoms with Crippen LogP contribution in [-0.2, 0) is 9.53 Å². The van der Waals surface area contributed by atoms with E-state index in [9.17, 15) is 18.8 Å². The van der Waals surface area contributed by atoms with Crippen molar-refractivity contribution >= 4 is 23.7 Å². The number of hydrogen-bond acceptors (Lipinski definition) is 4. The Morgan fingerprint density at radius 3 is 2.62 bits per heavy atom. The van der Waals surface area contributed by atoms with Crippen LogP contribution in [0.15, 0.2) is 18.2 Å². The number of carboxylic acid groups (broad SMARTS) is 1. The van der Waals surface area contributed by atoms with Gasteiger partial charge in [-0.3, -0.25) is 4.79 Å². The zero-order valence-electron chi connectivity index (χ0n) is 11.3. The molecule has 0 saturated carbocycles. The number of benzene rings is 1. The minimum Gasteiger partial charge on any atom is -0.481 e. The molecule has 0 bridgehead atoms. The summed E-state index contributed by atoms with van der Waals surface area (Å²) in [5, 5.41) is 13.1. The van der Waals surface area contributed by atoms with Gasteiger partial charge in [-0.15, -0.1) is 0 Å². The van der Waals surface area contributed by atoms with Crippen LogP contribution in [0.3, 0.4) is 0 Å². The van der Waals surface area contributed by atoms with E-state index in [-0.39, 0.29) is 30.6 Å². The quantitative estimate of drug-likeness (QED) is 0.546. The minimum absolute atomic E-state index is 0.0300. The molecular weight excluding hydrogens is 283 g/mol. The lowest BCUT2D eigenvalue weighted by atomic mass is 10.2. The van der Waals surface area contributed by atoms with Gasteiger partial charge in [0.1, 0.15) is 5.82 Å². The Hall–Kier alpha value is -2.64. The second-order valence-electron chi connectivity index (χ2n) is 4.06. The van der Waals surface area contributed by atoms with Gasteiger partial charge in [0.25, 0.3) is 0 Å². The molecule has 0 heterocycles. The molecule has 0 aliphatic carbocycles. The highest BCUT2D eigenvalue weighted by atomic mass is 19.1. The summed E-state index contributed by atoms with van der Waals surface area (Å²) >= 11 is 0. The number of amides is 2. The summed E-state index contributed by atoms with van der Waals surface area (Å²) < 4.78 is 18.1. The third kappa shape index (κ3) is 5.47. The topological polar surface area (TPSA) is 105 Å². The number of esters is 1. The first-order chi connectivity index (χ1) is 9.93. The third-order valence-corrected chi connectivity index (χ3v) is 2.49. The van der Waals surface area contributed by atoms with E-state index >= 15 is 0 Å². The number of rotatable bonds is 6. The van der Waals surface area contributed by atoms with Gasteiger partial charge < -0.3 is 20.5 Å². The van der Waals surface area contributed by atoms with Gasteiger partial charge in [0.15, 0.2) is 0 Å². The smallest absolute Gasteiger partial charge is 0.337 e. The predicted molar refractivity (Wildman–Crippen MR) is 71.6 cm³/mol. The minimum atomic E-state index is -0.957. The number of aliphatic carboxylic acids is 1. The Kier molecular flexibility index (Phi) is 6.12. The van der Waals surface area contributed by atoms with Crippen molar-refractivity contribution in [2.24, 2.45) is 0 Å². The molecule has 0 fully saturated rings. The Bertz CT molecular complexity index is 547. The van der Waals surface area contributed by atoms with E-state index in [2.05, 4.69) is 15.4 Å². The monoisotopic (exact) mass is 298 g/mol. The van der Waals surface area contributed by atoms with Crippen molar-refractivity contribution in [2.45, 2.75) is 12.8 Å². The van der Waals surface area contributed by atoms with Gasteiger partial charge >= 0.3 is 18.0 Å². The molecule has 0 aliphatic heterocycles. The summed E-state index contributed by atoms with van der Waals surface area (Å²) in [5.74, 6) is -2.42. The van der Waals surface area contributed by atoms with E-state index in [4.69, 9.17) is 5.11 Å². The van der Waals surface area contributed by atoms with Crippen LogP contribution in [0, 0.1) is 5.82 Å². The van der Waals surface area contributed by atoms with E-state index < -0.39 is 23.8 Å². The van der Waals surface area contributed by atoms with E-state index in [1.54, 1.807) is 0 Å². The molecule has 3 N–H and O–H groups in total. The van der Waals surface area contributed by atoms with Gasteiger partial charge in [-0.2, -0.15) is 0 Å². The van der Waals surface area contributed by atoms with Crippen molar-refractivity contribution < 1.29 is 28.6 Å². The summed E-state index contributed by atoms with van der Waals surface area (Å²) in [4.78, 5) is 32.9. The van der Waals surface area contributed by atoms with Gasteiger partial charge in [0.05, 0.1) is 18.4 Å². The molecule has 2 amide bonds. The first-order valence-electron chi connectivity index (χ1n) is 6.08. The van der Waals surface area contributed by atoms with Crippen LogP contribution in [0.1, 0.15) is 23.2 Å². The number of halogens is 1. The average Bonchev–Trinajstić information content (AvgIpc) is 2.44. The maximum absolute atomic E-state index is 13.7. The number of urea groups is 1. The molecule has 21 heavy (non-hydrogen) atoms. The molecule has 0 saturated heterocycles. The second kappa shape index (κ2) is 7.83. The fourth-order valence-corrected chi connectivity index (χ4v) is 1.47. The summed E-state index contributed by atoms with van der Waals surface area (Å²) in [6, 6.07) is 2.84. The lowest BCUT2D eigenvalue weighted by Crippen LogP contribution is -2.30. The molecular formula is C13H15FN2O5. The fourth-order valence-electron chi connectivity index (χ4n) is 1.47. The Morgan fingerprint density at radius 1 is 1.33 bits per heavy atom. The Labute approximate surface area is 120 Å². The zero-order chi connectivity index (χ0) is 15.8. The summed E-state index contributed by atoms with van der Waals surface area (Å²) in [7, 11) is 1.18. The third-order valence-electron chi connectivity index (χ3n) is 2.49. The van der Waals surface area contributed by atoms with Crippen molar-refractivity contribution in [1.82, 2.24) is 5.32 Å². The SMILES string of the molecule is COC(=O)c1ccc(NC(=O)NCCCC(=O)O)c(F)c1. The van der Waals surface area contributed by atoms with Crippen molar-refractivity contribution in [1.29, 1.82) is 0 Å². The maximum Gasteiger partial charge on any atom is 0.337 e. The number of methoxy groups -OCH3 is 1. The molecule has 7 nitrogen and oxygen atoms in total. The summed E-state index contributed by atoms with van der Waals surface area (Å²) in [6.45, 7) is 0.153. The molecule has 1 rings (SSSR count). The fraction of sp³-hybridized carbons (Fsp3) is 0.308. The van der Waals surface area contributed by atoms with Crippen molar-refractivity contribution in [3.05, 3.63) is 29.6 Å². The van der Waals surface area contributed by atoms with E-state index in [0.717, 1.165) is 6.07 Å². The van der Waals surface area contributed by atoms with Crippen molar-refractivity contribution in [2.75, 3.05) is 19.0 Å². The standard InChI is InChI=1S/C13H15FN2O5/c1-21-12(19)8-4-5-10(9(14)7-8)16-13(20)15-6-2-3-11(17)18/h4-5,7H,2-3,6H2,1H3,(H,17,18)(H2,15,16,20). The lowest BCUT2D eigenvalue weighted by Gasteiger charge is -2.08. The molecule has 114 valence electrons. The number of ether oxygens (including phenoxy) is 1. The molecule has 0 radical (unpaired) electrons. The van der Waals surface area contributed by atoms with E-state index in [0.29, 0.717) is 0 Å². The second-order valence-corrected chi connectivity index (χ2v) is 4.06. The van der Waals surface area contributed by atoms with Gasteiger partial charge in [-0.05, 0) is 24.6 Å². The Morgan fingerprint density at radius 2 is 2.05 bits per heavy atom. The number of carbonyl (C=O) groups is 3. The molecule has 0 aliphatic rings. The van der Waals surface area contributed by atoms with Crippen LogP contribution in [0.5, 0.6) is 0 Å². The van der Waals surface area contributed by atoms with Crippen molar-refractivity contribution in [3.8, 4) is 0 Å². The average molecular weight is 298 g/mol. The zero-order valence-corrected chi connectivity index (χ0v) is 11.3. The van der Waals surface area contributed by atoms with Gasteiger partial charge in [-0.25, -0.2) is 14.0 Å². The van der Waals surface area contributed by atoms with Crippen molar-refractivity contribution in [3.63, 3.8) is 0 Å². The highest BCUT2D eigenvalue weighted by molar-refractivity contribution is 5.92. The highest BCUT2D eigenvalue weighted by Crippen LogP contribution is 2.16. The first kappa shape index (κ1) is 16.4. The van der Waals surface area contributed by atoms with E-state index in [1.807, 2.05) is 0 Å². The summed E-state index contributed by atoms with van der Waals surface area (Å²) in [6.07, 6.45) is 0.203. The summed E-state index contributed by atoms with van der Waals surface area (Å²) in [5.41, 5.74) is -0.0687. The van der Waals surface area contributed by atoms with Crippen LogP contribution in [0.25, 0.3) is 0 Å². The number of carboxylic acids is 1. The predicted octanol–water partition coefficient (Wildman–Crippen LogP) is 1.60. The van der Waals surface area contributed by atoms with Gasteiger partial charge in [0, 0.05) is 13.0 Å². The van der Waals surface area contributed by atoms with Crippen LogP contribution < -0.4 is 10.6 Å². The molecule has 0 unspecified atom stereocenters.